The molecule has 0 amide bonds. The molecular weight excluding hydrogens is 256 g/mol. The molecule has 0 aromatic rings. The van der Waals surface area contributed by atoms with E-state index in [0.29, 0.717) is 12.2 Å². The Balaban J connectivity index is 1.78. The van der Waals surface area contributed by atoms with Crippen molar-refractivity contribution >= 4 is 0 Å². The normalized spacial score (nSPS) is 21.2. The van der Waals surface area contributed by atoms with Gasteiger partial charge in [-0.25, -0.2) is 0 Å². The summed E-state index contributed by atoms with van der Waals surface area (Å²) in [4.78, 5) is 0. The van der Waals surface area contributed by atoms with Gasteiger partial charge in [0.25, 0.3) is 0 Å². The molecule has 124 valence electrons. The number of allylic oxidation sites excluding steroid dienone is 1. The lowest BCUT2D eigenvalue weighted by Crippen LogP contribution is -1.92. The first-order valence-corrected chi connectivity index (χ1v) is 9.69. The molecule has 1 heterocycles. The van der Waals surface area contributed by atoms with Gasteiger partial charge in [0.1, 0.15) is 0 Å². The van der Waals surface area contributed by atoms with Gasteiger partial charge >= 0.3 is 0 Å². The van der Waals surface area contributed by atoms with Crippen molar-refractivity contribution in [2.75, 3.05) is 0 Å². The number of unbranched alkanes of at least 4 members (excludes halogenated alkanes) is 10. The quantitative estimate of drug-likeness (QED) is 0.183. The third kappa shape index (κ3) is 11.0. The second-order valence-electron chi connectivity index (χ2n) is 6.68. The van der Waals surface area contributed by atoms with Crippen molar-refractivity contribution in [1.29, 1.82) is 0 Å². The first-order chi connectivity index (χ1) is 10.4. The van der Waals surface area contributed by atoms with E-state index in [1.807, 2.05) is 0 Å². The molecule has 0 bridgehead atoms. The smallest absolute Gasteiger partial charge is 0.0876 e. The van der Waals surface area contributed by atoms with E-state index in [0.717, 1.165) is 6.42 Å². The fourth-order valence-electron chi connectivity index (χ4n) is 2.98. The van der Waals surface area contributed by atoms with Gasteiger partial charge in [-0.15, -0.1) is 0 Å². The fourth-order valence-corrected chi connectivity index (χ4v) is 2.98. The van der Waals surface area contributed by atoms with Gasteiger partial charge < -0.3 is 4.74 Å². The summed E-state index contributed by atoms with van der Waals surface area (Å²) in [6, 6.07) is 0. The van der Waals surface area contributed by atoms with Crippen molar-refractivity contribution < 1.29 is 4.74 Å². The Bertz CT molecular complexity index is 246. The zero-order valence-corrected chi connectivity index (χ0v) is 14.6. The van der Waals surface area contributed by atoms with Crippen molar-refractivity contribution in [3.8, 4) is 0 Å². The van der Waals surface area contributed by atoms with E-state index < -0.39 is 0 Å². The van der Waals surface area contributed by atoms with Gasteiger partial charge in [-0.1, -0.05) is 90.2 Å². The molecule has 2 atom stereocenters. The van der Waals surface area contributed by atoms with Gasteiger partial charge in [-0.05, 0) is 25.7 Å². The maximum absolute atomic E-state index is 5.70. The highest BCUT2D eigenvalue weighted by Crippen LogP contribution is 2.30. The molecule has 1 aliphatic heterocycles. The van der Waals surface area contributed by atoms with Crippen LogP contribution in [0.15, 0.2) is 12.2 Å². The van der Waals surface area contributed by atoms with Crippen LogP contribution >= 0.6 is 0 Å². The molecule has 1 rings (SSSR count). The zero-order chi connectivity index (χ0) is 15.2. The number of epoxide rings is 1. The van der Waals surface area contributed by atoms with Crippen molar-refractivity contribution in [2.45, 2.75) is 116 Å². The molecule has 1 nitrogen and oxygen atoms in total. The first-order valence-electron chi connectivity index (χ1n) is 9.69. The molecular formula is C20H38O. The molecule has 0 aromatic carbocycles. The lowest BCUT2D eigenvalue weighted by Gasteiger charge is -1.99. The summed E-state index contributed by atoms with van der Waals surface area (Å²) in [6.07, 6.45) is 24.9. The summed E-state index contributed by atoms with van der Waals surface area (Å²) in [7, 11) is 0. The van der Waals surface area contributed by atoms with Gasteiger partial charge in [0.2, 0.25) is 0 Å². The predicted octanol–water partition coefficient (Wildman–Crippen LogP) is 6.81. The first kappa shape index (κ1) is 18.7. The predicted molar refractivity (Wildman–Crippen MR) is 93.8 cm³/mol. The summed E-state index contributed by atoms with van der Waals surface area (Å²) in [5.74, 6) is 0. The monoisotopic (exact) mass is 294 g/mol. The second-order valence-corrected chi connectivity index (χ2v) is 6.68. The van der Waals surface area contributed by atoms with Crippen LogP contribution in [0.25, 0.3) is 0 Å². The van der Waals surface area contributed by atoms with Crippen LogP contribution < -0.4 is 0 Å². The third-order valence-corrected chi connectivity index (χ3v) is 4.54. The summed E-state index contributed by atoms with van der Waals surface area (Å²) in [5.41, 5.74) is 0. The molecule has 1 saturated heterocycles. The van der Waals surface area contributed by atoms with E-state index in [4.69, 9.17) is 4.74 Å². The minimum absolute atomic E-state index is 0.552. The molecule has 1 heteroatoms. The van der Waals surface area contributed by atoms with Crippen molar-refractivity contribution in [3.63, 3.8) is 0 Å². The minimum Gasteiger partial charge on any atom is -0.369 e. The lowest BCUT2D eigenvalue weighted by atomic mass is 10.1. The Morgan fingerprint density at radius 3 is 2.00 bits per heavy atom. The van der Waals surface area contributed by atoms with E-state index in [1.54, 1.807) is 0 Å². The van der Waals surface area contributed by atoms with E-state index in [2.05, 4.69) is 26.0 Å². The van der Waals surface area contributed by atoms with Crippen molar-refractivity contribution in [3.05, 3.63) is 12.2 Å². The standard InChI is InChI=1S/C20H38O/c1-3-5-7-8-9-10-11-12-13-14-16-18-20-19(21-20)17-15-6-4-2/h14,16,19-20H,3-13,15,17-18H2,1-2H3/b16-14-/t19-,20-/m1/s1. The molecule has 0 radical (unpaired) electrons. The van der Waals surface area contributed by atoms with Crippen molar-refractivity contribution in [2.24, 2.45) is 0 Å². The number of ether oxygens (including phenoxy) is 1. The van der Waals surface area contributed by atoms with Crippen LogP contribution in [0.3, 0.4) is 0 Å². The molecule has 1 aliphatic rings. The average Bonchev–Trinajstić information content (AvgIpc) is 3.23. The Morgan fingerprint density at radius 2 is 1.29 bits per heavy atom. The van der Waals surface area contributed by atoms with Crippen LogP contribution in [-0.2, 0) is 4.74 Å². The van der Waals surface area contributed by atoms with E-state index in [-0.39, 0.29) is 0 Å². The lowest BCUT2D eigenvalue weighted by molar-refractivity contribution is 0.359. The Morgan fingerprint density at radius 1 is 0.667 bits per heavy atom. The largest absolute Gasteiger partial charge is 0.369 e. The highest BCUT2D eigenvalue weighted by Gasteiger charge is 2.36. The van der Waals surface area contributed by atoms with E-state index in [1.165, 1.54) is 83.5 Å². The number of rotatable bonds is 15. The molecule has 0 unspecified atom stereocenters. The highest BCUT2D eigenvalue weighted by atomic mass is 16.6. The van der Waals surface area contributed by atoms with Crippen LogP contribution in [0.2, 0.25) is 0 Å². The number of hydrogen-bond acceptors (Lipinski definition) is 1. The van der Waals surface area contributed by atoms with Crippen LogP contribution in [0, 0.1) is 0 Å². The molecule has 0 N–H and O–H groups in total. The topological polar surface area (TPSA) is 12.5 Å². The fraction of sp³-hybridized carbons (Fsp3) is 0.900. The van der Waals surface area contributed by atoms with Gasteiger partial charge in [0, 0.05) is 0 Å². The molecule has 0 aromatic heterocycles. The van der Waals surface area contributed by atoms with Gasteiger partial charge in [-0.3, -0.25) is 0 Å². The van der Waals surface area contributed by atoms with Crippen LogP contribution in [0.1, 0.15) is 104 Å². The van der Waals surface area contributed by atoms with E-state index >= 15 is 0 Å². The summed E-state index contributed by atoms with van der Waals surface area (Å²) in [6.45, 7) is 4.55. The minimum atomic E-state index is 0.552. The maximum atomic E-state index is 5.70. The summed E-state index contributed by atoms with van der Waals surface area (Å²) >= 11 is 0. The third-order valence-electron chi connectivity index (χ3n) is 4.54. The maximum Gasteiger partial charge on any atom is 0.0876 e. The molecule has 1 fully saturated rings. The molecule has 21 heavy (non-hydrogen) atoms. The summed E-state index contributed by atoms with van der Waals surface area (Å²) < 4.78 is 5.70. The SMILES string of the molecule is CCCCCCCCCC/C=C\C[C@H]1O[C@@H]1CCCCC. The zero-order valence-electron chi connectivity index (χ0n) is 14.6. The molecule has 0 saturated carbocycles. The van der Waals surface area contributed by atoms with Gasteiger partial charge in [0.15, 0.2) is 0 Å². The van der Waals surface area contributed by atoms with Gasteiger partial charge in [-0.2, -0.15) is 0 Å². The Kier molecular flexibility index (Phi) is 11.9. The van der Waals surface area contributed by atoms with Crippen molar-refractivity contribution in [1.82, 2.24) is 0 Å². The van der Waals surface area contributed by atoms with Crippen LogP contribution in [0.5, 0.6) is 0 Å². The summed E-state index contributed by atoms with van der Waals surface area (Å²) in [5, 5.41) is 0. The second kappa shape index (κ2) is 13.4. The Labute approximate surface area is 133 Å². The van der Waals surface area contributed by atoms with Crippen LogP contribution in [0.4, 0.5) is 0 Å². The molecule has 0 spiro atoms. The van der Waals surface area contributed by atoms with Gasteiger partial charge in [0.05, 0.1) is 12.2 Å². The van der Waals surface area contributed by atoms with Crippen LogP contribution in [-0.4, -0.2) is 12.2 Å². The highest BCUT2D eigenvalue weighted by molar-refractivity contribution is 4.93. The number of hydrogen-bond donors (Lipinski definition) is 0. The Hall–Kier alpha value is -0.300. The van der Waals surface area contributed by atoms with E-state index in [9.17, 15) is 0 Å². The average molecular weight is 295 g/mol. The molecule has 0 aliphatic carbocycles.